The molecule has 4 aromatic rings. The van der Waals surface area contributed by atoms with E-state index in [-0.39, 0.29) is 23.3 Å². The lowest BCUT2D eigenvalue weighted by atomic mass is 10.1. The highest BCUT2D eigenvalue weighted by atomic mass is 16.5. The van der Waals surface area contributed by atoms with Crippen LogP contribution in [0.15, 0.2) is 79.4 Å². The first-order valence-corrected chi connectivity index (χ1v) is 9.57. The number of hydrogen-bond acceptors (Lipinski definition) is 6. The summed E-state index contributed by atoms with van der Waals surface area (Å²) in [5.41, 5.74) is 1.82. The second-order valence-corrected chi connectivity index (χ2v) is 6.71. The fourth-order valence-electron chi connectivity index (χ4n) is 3.18. The van der Waals surface area contributed by atoms with E-state index < -0.39 is 5.97 Å². The molecule has 1 amide bonds. The summed E-state index contributed by atoms with van der Waals surface area (Å²) in [6.07, 6.45) is 3.03. The highest BCUT2D eigenvalue weighted by molar-refractivity contribution is 5.96. The van der Waals surface area contributed by atoms with E-state index in [1.807, 2.05) is 48.5 Å². The number of carbonyl (C=O) groups is 2. The van der Waals surface area contributed by atoms with Gasteiger partial charge in [-0.1, -0.05) is 48.5 Å². The minimum atomic E-state index is -0.619. The Morgan fingerprint density at radius 1 is 1.06 bits per heavy atom. The van der Waals surface area contributed by atoms with Gasteiger partial charge in [0.05, 0.1) is 25.4 Å². The van der Waals surface area contributed by atoms with Gasteiger partial charge in [0, 0.05) is 6.07 Å². The molecule has 0 spiro atoms. The van der Waals surface area contributed by atoms with Gasteiger partial charge in [-0.2, -0.15) is 10.2 Å². The molecule has 1 unspecified atom stereocenters. The quantitative estimate of drug-likeness (QED) is 0.464. The van der Waals surface area contributed by atoms with Gasteiger partial charge in [0.2, 0.25) is 0 Å². The molecule has 0 saturated carbocycles. The first-order chi connectivity index (χ1) is 15.2. The van der Waals surface area contributed by atoms with Crippen molar-refractivity contribution in [2.75, 3.05) is 7.11 Å². The van der Waals surface area contributed by atoms with E-state index in [0.29, 0.717) is 12.2 Å². The summed E-state index contributed by atoms with van der Waals surface area (Å²) in [6.45, 7) is 0.388. The van der Waals surface area contributed by atoms with Crippen LogP contribution in [-0.4, -0.2) is 43.5 Å². The highest BCUT2D eigenvalue weighted by Crippen LogP contribution is 2.18. The molecule has 0 fully saturated rings. The van der Waals surface area contributed by atoms with Gasteiger partial charge < -0.3 is 10.1 Å². The molecule has 156 valence electrons. The van der Waals surface area contributed by atoms with E-state index in [0.717, 1.165) is 5.56 Å². The fraction of sp³-hybridized carbons (Fsp3) is 0.136. The normalized spacial score (nSPS) is 11.6. The van der Waals surface area contributed by atoms with Gasteiger partial charge in [0.1, 0.15) is 18.3 Å². The number of amides is 1. The van der Waals surface area contributed by atoms with Crippen LogP contribution in [0.5, 0.6) is 0 Å². The molecular formula is C22H20N6O3. The maximum Gasteiger partial charge on any atom is 0.358 e. The van der Waals surface area contributed by atoms with E-state index in [1.165, 1.54) is 24.2 Å². The molecule has 2 aromatic heterocycles. The molecular weight excluding hydrogens is 396 g/mol. The van der Waals surface area contributed by atoms with Crippen LogP contribution < -0.4 is 5.32 Å². The first-order valence-electron chi connectivity index (χ1n) is 9.57. The number of rotatable bonds is 7. The third kappa shape index (κ3) is 4.50. The Balaban J connectivity index is 1.68. The largest absolute Gasteiger partial charge is 0.464 e. The van der Waals surface area contributed by atoms with Crippen molar-refractivity contribution in [1.29, 1.82) is 0 Å². The number of nitrogens with one attached hydrogen (secondary N) is 1. The minimum Gasteiger partial charge on any atom is -0.464 e. The van der Waals surface area contributed by atoms with Crippen LogP contribution in [0.1, 0.15) is 32.6 Å². The Kier molecular flexibility index (Phi) is 5.84. The van der Waals surface area contributed by atoms with Crippen molar-refractivity contribution in [2.24, 2.45) is 0 Å². The summed E-state index contributed by atoms with van der Waals surface area (Å²) in [7, 11) is 1.27. The standard InChI is InChI=1S/C22H20N6O3/c1-31-22(30)18-12-20(28(26-18)17-10-6-3-7-11-17)21(29)25-19(13-27-15-23-14-24-27)16-8-4-2-5-9-16/h2-12,14-15,19H,13H2,1H3,(H,25,29). The number of carbonyl (C=O) groups excluding carboxylic acids is 2. The lowest BCUT2D eigenvalue weighted by Crippen LogP contribution is -2.33. The Morgan fingerprint density at radius 3 is 2.42 bits per heavy atom. The molecule has 4 rings (SSSR count). The Bertz CT molecular complexity index is 1160. The number of benzene rings is 2. The molecule has 9 heteroatoms. The number of aromatic nitrogens is 5. The maximum atomic E-state index is 13.3. The predicted molar refractivity (Wildman–Crippen MR) is 112 cm³/mol. The summed E-state index contributed by atoms with van der Waals surface area (Å²) in [5.74, 6) is -1.01. The number of esters is 1. The summed E-state index contributed by atoms with van der Waals surface area (Å²) in [5, 5.41) is 11.5. The van der Waals surface area contributed by atoms with Crippen molar-refractivity contribution in [3.63, 3.8) is 0 Å². The molecule has 9 nitrogen and oxygen atoms in total. The van der Waals surface area contributed by atoms with Crippen molar-refractivity contribution >= 4 is 11.9 Å². The van der Waals surface area contributed by atoms with Gasteiger partial charge in [-0.3, -0.25) is 9.48 Å². The monoisotopic (exact) mass is 416 g/mol. The van der Waals surface area contributed by atoms with Crippen molar-refractivity contribution in [2.45, 2.75) is 12.6 Å². The van der Waals surface area contributed by atoms with Crippen LogP contribution in [0.2, 0.25) is 0 Å². The molecule has 0 bridgehead atoms. The SMILES string of the molecule is COC(=O)c1cc(C(=O)NC(Cn2cncn2)c2ccccc2)n(-c2ccccc2)n1. The minimum absolute atomic E-state index is 0.0454. The molecule has 2 aromatic carbocycles. The molecule has 31 heavy (non-hydrogen) atoms. The second kappa shape index (κ2) is 9.04. The van der Waals surface area contributed by atoms with Crippen LogP contribution >= 0.6 is 0 Å². The third-order valence-electron chi connectivity index (χ3n) is 4.68. The van der Waals surface area contributed by atoms with Crippen LogP contribution in [0, 0.1) is 0 Å². The number of hydrogen-bond donors (Lipinski definition) is 1. The molecule has 0 saturated heterocycles. The van der Waals surface area contributed by atoms with Crippen molar-refractivity contribution in [3.8, 4) is 5.69 Å². The Hall–Kier alpha value is -4.27. The lowest BCUT2D eigenvalue weighted by Gasteiger charge is -2.19. The van der Waals surface area contributed by atoms with E-state index >= 15 is 0 Å². The second-order valence-electron chi connectivity index (χ2n) is 6.71. The van der Waals surface area contributed by atoms with E-state index in [9.17, 15) is 9.59 Å². The van der Waals surface area contributed by atoms with E-state index in [4.69, 9.17) is 4.74 Å². The molecule has 1 atom stereocenters. The maximum absolute atomic E-state index is 13.3. The molecule has 1 N–H and O–H groups in total. The van der Waals surface area contributed by atoms with Crippen molar-refractivity contribution in [3.05, 3.63) is 96.3 Å². The van der Waals surface area contributed by atoms with E-state index in [2.05, 4.69) is 20.5 Å². The van der Waals surface area contributed by atoms with Crippen LogP contribution in [0.25, 0.3) is 5.69 Å². The average Bonchev–Trinajstić information content (AvgIpc) is 3.49. The van der Waals surface area contributed by atoms with Gasteiger partial charge in [-0.15, -0.1) is 0 Å². The van der Waals surface area contributed by atoms with Crippen LogP contribution in [-0.2, 0) is 11.3 Å². The van der Waals surface area contributed by atoms with Gasteiger partial charge in [-0.25, -0.2) is 14.5 Å². The zero-order chi connectivity index (χ0) is 21.6. The molecule has 2 heterocycles. The summed E-state index contributed by atoms with van der Waals surface area (Å²) in [4.78, 5) is 29.3. The number of ether oxygens (including phenoxy) is 1. The van der Waals surface area contributed by atoms with Gasteiger partial charge in [-0.05, 0) is 17.7 Å². The molecule has 0 aliphatic carbocycles. The van der Waals surface area contributed by atoms with Crippen molar-refractivity contribution in [1.82, 2.24) is 29.9 Å². The third-order valence-corrected chi connectivity index (χ3v) is 4.68. The summed E-state index contributed by atoms with van der Waals surface area (Å²) < 4.78 is 7.85. The molecule has 0 aliphatic rings. The number of nitrogens with zero attached hydrogens (tertiary/aromatic N) is 5. The van der Waals surface area contributed by atoms with E-state index in [1.54, 1.807) is 23.1 Å². The van der Waals surface area contributed by atoms with Gasteiger partial charge in [0.15, 0.2) is 5.69 Å². The number of methoxy groups -OCH3 is 1. The van der Waals surface area contributed by atoms with Gasteiger partial charge in [0.25, 0.3) is 5.91 Å². The predicted octanol–water partition coefficient (Wildman–Crippen LogP) is 2.42. The summed E-state index contributed by atoms with van der Waals surface area (Å²) >= 11 is 0. The highest BCUT2D eigenvalue weighted by Gasteiger charge is 2.23. The Morgan fingerprint density at radius 2 is 1.77 bits per heavy atom. The smallest absolute Gasteiger partial charge is 0.358 e. The molecule has 0 radical (unpaired) electrons. The van der Waals surface area contributed by atoms with Gasteiger partial charge >= 0.3 is 5.97 Å². The Labute approximate surface area is 178 Å². The summed E-state index contributed by atoms with van der Waals surface area (Å²) in [6, 6.07) is 19.7. The average molecular weight is 416 g/mol. The van der Waals surface area contributed by atoms with Crippen LogP contribution in [0.4, 0.5) is 0 Å². The zero-order valence-electron chi connectivity index (χ0n) is 16.8. The fourth-order valence-corrected chi connectivity index (χ4v) is 3.18. The molecule has 0 aliphatic heterocycles. The lowest BCUT2D eigenvalue weighted by molar-refractivity contribution is 0.0593. The first kappa shape index (κ1) is 20.0. The van der Waals surface area contributed by atoms with Crippen molar-refractivity contribution < 1.29 is 14.3 Å². The van der Waals surface area contributed by atoms with Crippen LogP contribution in [0.3, 0.4) is 0 Å². The zero-order valence-corrected chi connectivity index (χ0v) is 16.8. The number of para-hydroxylation sites is 1. The topological polar surface area (TPSA) is 104 Å².